The minimum Gasteiger partial charge on any atom is -0.461 e. The number of rotatable bonds is 4. The van der Waals surface area contributed by atoms with Gasteiger partial charge in [0.05, 0.1) is 13.0 Å². The first kappa shape index (κ1) is 9.74. The number of hydrogen-bond donors (Lipinski definition) is 1. The maximum Gasteiger partial charge on any atom is 0.311 e. The Balaban J connectivity index is 2.31. The van der Waals surface area contributed by atoms with Crippen LogP contribution >= 0.6 is 0 Å². The van der Waals surface area contributed by atoms with Gasteiger partial charge in [0.2, 0.25) is 0 Å². The summed E-state index contributed by atoms with van der Waals surface area (Å²) in [6, 6.07) is 9.63. The van der Waals surface area contributed by atoms with E-state index in [4.69, 9.17) is 4.74 Å². The molecule has 0 aliphatic rings. The SMILES string of the molecule is [NH3+]CCC(=O)OCc1ccccc1. The fourth-order valence-electron chi connectivity index (χ4n) is 0.955. The van der Waals surface area contributed by atoms with Crippen molar-refractivity contribution in [1.82, 2.24) is 0 Å². The topological polar surface area (TPSA) is 53.9 Å². The van der Waals surface area contributed by atoms with Crippen LogP contribution in [0.5, 0.6) is 0 Å². The van der Waals surface area contributed by atoms with Crippen molar-refractivity contribution in [3.63, 3.8) is 0 Å². The number of benzene rings is 1. The molecule has 1 rings (SSSR count). The van der Waals surface area contributed by atoms with E-state index in [-0.39, 0.29) is 5.97 Å². The van der Waals surface area contributed by atoms with Gasteiger partial charge in [-0.2, -0.15) is 0 Å². The summed E-state index contributed by atoms with van der Waals surface area (Å²) in [6.45, 7) is 0.952. The van der Waals surface area contributed by atoms with E-state index in [1.54, 1.807) is 0 Å². The Morgan fingerprint density at radius 3 is 2.62 bits per heavy atom. The zero-order valence-electron chi connectivity index (χ0n) is 7.53. The Labute approximate surface area is 77.5 Å². The Morgan fingerprint density at radius 2 is 2.00 bits per heavy atom. The van der Waals surface area contributed by atoms with Crippen molar-refractivity contribution in [2.75, 3.05) is 6.54 Å². The Morgan fingerprint density at radius 1 is 1.31 bits per heavy atom. The maximum atomic E-state index is 11.0. The zero-order chi connectivity index (χ0) is 9.52. The molecule has 0 aliphatic heterocycles. The number of hydrogen-bond acceptors (Lipinski definition) is 2. The third-order valence-electron chi connectivity index (χ3n) is 1.62. The quantitative estimate of drug-likeness (QED) is 0.680. The van der Waals surface area contributed by atoms with Crippen LogP contribution in [0.2, 0.25) is 0 Å². The van der Waals surface area contributed by atoms with E-state index < -0.39 is 0 Å². The van der Waals surface area contributed by atoms with Crippen LogP contribution in [0, 0.1) is 0 Å². The van der Waals surface area contributed by atoms with Crippen LogP contribution in [0.3, 0.4) is 0 Å². The molecule has 0 amide bonds. The molecular weight excluding hydrogens is 166 g/mol. The predicted octanol–water partition coefficient (Wildman–Crippen LogP) is 0.362. The molecule has 3 nitrogen and oxygen atoms in total. The van der Waals surface area contributed by atoms with Crippen molar-refractivity contribution in [2.45, 2.75) is 13.0 Å². The molecule has 0 aromatic heterocycles. The molecule has 0 bridgehead atoms. The van der Waals surface area contributed by atoms with Crippen LogP contribution in [-0.2, 0) is 16.1 Å². The van der Waals surface area contributed by atoms with E-state index in [9.17, 15) is 4.79 Å². The summed E-state index contributed by atoms with van der Waals surface area (Å²) in [6.07, 6.45) is 0.396. The fraction of sp³-hybridized carbons (Fsp3) is 0.300. The molecule has 0 aliphatic carbocycles. The van der Waals surface area contributed by atoms with Gasteiger partial charge in [-0.1, -0.05) is 30.3 Å². The number of carbonyl (C=O) groups excluding carboxylic acids is 1. The summed E-state index contributed by atoms with van der Waals surface area (Å²) in [7, 11) is 0. The largest absolute Gasteiger partial charge is 0.461 e. The number of quaternary nitrogens is 1. The van der Waals surface area contributed by atoms with Gasteiger partial charge in [0.1, 0.15) is 6.61 Å². The van der Waals surface area contributed by atoms with Gasteiger partial charge in [-0.3, -0.25) is 4.79 Å². The maximum absolute atomic E-state index is 11.0. The van der Waals surface area contributed by atoms with Crippen LogP contribution in [-0.4, -0.2) is 12.5 Å². The van der Waals surface area contributed by atoms with Crippen molar-refractivity contribution < 1.29 is 15.3 Å². The molecule has 3 heteroatoms. The van der Waals surface area contributed by atoms with Gasteiger partial charge in [0, 0.05) is 0 Å². The molecule has 1 aromatic rings. The van der Waals surface area contributed by atoms with E-state index in [0.717, 1.165) is 5.56 Å². The lowest BCUT2D eigenvalue weighted by molar-refractivity contribution is -0.366. The molecule has 70 valence electrons. The standard InChI is InChI=1S/C10H13NO2/c11-7-6-10(12)13-8-9-4-2-1-3-5-9/h1-5H,6-8,11H2/p+1. The summed E-state index contributed by atoms with van der Waals surface area (Å²) >= 11 is 0. The average Bonchev–Trinajstić information content (AvgIpc) is 2.17. The normalized spacial score (nSPS) is 9.62. The van der Waals surface area contributed by atoms with Gasteiger partial charge in [0.25, 0.3) is 0 Å². The second-order valence-electron chi connectivity index (χ2n) is 2.75. The molecule has 0 unspecified atom stereocenters. The molecule has 0 heterocycles. The van der Waals surface area contributed by atoms with Gasteiger partial charge >= 0.3 is 5.97 Å². The van der Waals surface area contributed by atoms with Crippen LogP contribution < -0.4 is 5.73 Å². The molecule has 3 N–H and O–H groups in total. The minimum atomic E-state index is -0.182. The fourth-order valence-corrected chi connectivity index (χ4v) is 0.955. The molecule has 13 heavy (non-hydrogen) atoms. The van der Waals surface area contributed by atoms with Gasteiger partial charge in [0.15, 0.2) is 0 Å². The van der Waals surface area contributed by atoms with Crippen molar-refractivity contribution in [3.8, 4) is 0 Å². The number of carbonyl (C=O) groups is 1. The van der Waals surface area contributed by atoms with Crippen LogP contribution in [0.15, 0.2) is 30.3 Å². The van der Waals surface area contributed by atoms with E-state index in [1.165, 1.54) is 0 Å². The molecule has 0 spiro atoms. The Kier molecular flexibility index (Phi) is 3.99. The van der Waals surface area contributed by atoms with E-state index in [2.05, 4.69) is 5.73 Å². The van der Waals surface area contributed by atoms with Crippen LogP contribution in [0.1, 0.15) is 12.0 Å². The summed E-state index contributed by atoms with van der Waals surface area (Å²) in [5.74, 6) is -0.182. The monoisotopic (exact) mass is 180 g/mol. The molecule has 0 radical (unpaired) electrons. The summed E-state index contributed by atoms with van der Waals surface area (Å²) in [5.41, 5.74) is 4.59. The number of esters is 1. The van der Waals surface area contributed by atoms with E-state index >= 15 is 0 Å². The first-order chi connectivity index (χ1) is 6.33. The van der Waals surface area contributed by atoms with Crippen LogP contribution in [0.25, 0.3) is 0 Å². The first-order valence-electron chi connectivity index (χ1n) is 4.31. The highest BCUT2D eigenvalue weighted by Crippen LogP contribution is 2.00. The molecule has 0 saturated carbocycles. The zero-order valence-corrected chi connectivity index (χ0v) is 7.53. The Hall–Kier alpha value is -1.35. The van der Waals surface area contributed by atoms with Gasteiger partial charge in [-0.25, -0.2) is 0 Å². The first-order valence-corrected chi connectivity index (χ1v) is 4.31. The molecule has 0 saturated heterocycles. The van der Waals surface area contributed by atoms with E-state index in [0.29, 0.717) is 19.6 Å². The van der Waals surface area contributed by atoms with Crippen molar-refractivity contribution in [2.24, 2.45) is 0 Å². The lowest BCUT2D eigenvalue weighted by Gasteiger charge is -2.02. The minimum absolute atomic E-state index is 0.182. The molecule has 1 aromatic carbocycles. The summed E-state index contributed by atoms with van der Waals surface area (Å²) in [5, 5.41) is 0. The van der Waals surface area contributed by atoms with Gasteiger partial charge < -0.3 is 10.5 Å². The molecule has 0 fully saturated rings. The van der Waals surface area contributed by atoms with Crippen molar-refractivity contribution in [3.05, 3.63) is 35.9 Å². The third-order valence-corrected chi connectivity index (χ3v) is 1.62. The molecule has 0 atom stereocenters. The van der Waals surface area contributed by atoms with Crippen molar-refractivity contribution >= 4 is 5.97 Å². The summed E-state index contributed by atoms with van der Waals surface area (Å²) < 4.78 is 4.99. The van der Waals surface area contributed by atoms with E-state index in [1.807, 2.05) is 30.3 Å². The van der Waals surface area contributed by atoms with Crippen molar-refractivity contribution in [1.29, 1.82) is 0 Å². The van der Waals surface area contributed by atoms with Gasteiger partial charge in [-0.15, -0.1) is 0 Å². The lowest BCUT2D eigenvalue weighted by Crippen LogP contribution is -2.51. The third kappa shape index (κ3) is 3.71. The molecular formula is C10H14NO2+. The highest BCUT2D eigenvalue weighted by atomic mass is 16.5. The Bertz CT molecular complexity index is 259. The average molecular weight is 180 g/mol. The highest BCUT2D eigenvalue weighted by molar-refractivity contribution is 5.69. The highest BCUT2D eigenvalue weighted by Gasteiger charge is 2.01. The second-order valence-corrected chi connectivity index (χ2v) is 2.75. The second kappa shape index (κ2) is 5.32. The smallest absolute Gasteiger partial charge is 0.311 e. The summed E-state index contributed by atoms with van der Waals surface area (Å²) in [4.78, 5) is 11.0. The van der Waals surface area contributed by atoms with Crippen LogP contribution in [0.4, 0.5) is 0 Å². The van der Waals surface area contributed by atoms with Gasteiger partial charge in [-0.05, 0) is 5.56 Å². The predicted molar refractivity (Wildman–Crippen MR) is 48.6 cm³/mol. The lowest BCUT2D eigenvalue weighted by atomic mass is 10.2. The number of ether oxygens (including phenoxy) is 1.